The van der Waals surface area contributed by atoms with Gasteiger partial charge in [-0.1, -0.05) is 15.9 Å². The molecule has 108 valence electrons. The lowest BCUT2D eigenvalue weighted by Gasteiger charge is -2.25. The third kappa shape index (κ3) is 2.55. The minimum atomic E-state index is -1.54. The average Bonchev–Trinajstić information content (AvgIpc) is 2.44. The molecule has 2 aromatic carbocycles. The lowest BCUT2D eigenvalue weighted by atomic mass is 9.96. The highest BCUT2D eigenvalue weighted by molar-refractivity contribution is 9.10. The van der Waals surface area contributed by atoms with Gasteiger partial charge in [-0.05, 0) is 35.9 Å². The number of hydrogen-bond acceptors (Lipinski definition) is 2. The van der Waals surface area contributed by atoms with Crippen LogP contribution in [0.4, 0.5) is 13.2 Å². The molecule has 6 heteroatoms. The van der Waals surface area contributed by atoms with Gasteiger partial charge in [0.05, 0.1) is 12.0 Å². The van der Waals surface area contributed by atoms with Crippen LogP contribution in [0.3, 0.4) is 0 Å². The van der Waals surface area contributed by atoms with Crippen LogP contribution in [0.1, 0.15) is 28.4 Å². The van der Waals surface area contributed by atoms with E-state index in [-0.39, 0.29) is 17.8 Å². The molecule has 0 radical (unpaired) electrons. The monoisotopic (exact) mass is 356 g/mol. The molecule has 0 N–H and O–H groups in total. The van der Waals surface area contributed by atoms with Crippen LogP contribution in [0, 0.1) is 17.5 Å². The van der Waals surface area contributed by atoms with E-state index in [2.05, 4.69) is 15.9 Å². The summed E-state index contributed by atoms with van der Waals surface area (Å²) in [5.74, 6) is -4.01. The van der Waals surface area contributed by atoms with E-state index in [1.165, 1.54) is 0 Å². The quantitative estimate of drug-likeness (QED) is 0.699. The Kier molecular flexibility index (Phi) is 3.49. The number of fused-ring (bicyclic) bond motifs is 1. The van der Waals surface area contributed by atoms with Crippen LogP contribution < -0.4 is 4.74 Å². The fourth-order valence-electron chi connectivity index (χ4n) is 2.24. The van der Waals surface area contributed by atoms with Gasteiger partial charge in [-0.3, -0.25) is 4.79 Å². The smallest absolute Gasteiger partial charge is 0.194 e. The molecule has 1 unspecified atom stereocenters. The first-order valence-electron chi connectivity index (χ1n) is 6.09. The van der Waals surface area contributed by atoms with Crippen molar-refractivity contribution in [3.05, 3.63) is 63.4 Å². The van der Waals surface area contributed by atoms with E-state index in [9.17, 15) is 18.0 Å². The fourth-order valence-corrected chi connectivity index (χ4v) is 2.60. The SMILES string of the molecule is O=C1CC(c2cc(F)c(F)c(F)c2)Oc2ccc(Br)cc21. The molecule has 3 rings (SSSR count). The molecule has 1 aliphatic heterocycles. The molecule has 21 heavy (non-hydrogen) atoms. The number of carbonyl (C=O) groups excluding carboxylic acids is 1. The molecule has 2 aromatic rings. The molecule has 0 saturated carbocycles. The third-order valence-corrected chi connectivity index (χ3v) is 3.75. The second-order valence-electron chi connectivity index (χ2n) is 4.67. The predicted octanol–water partition coefficient (Wildman–Crippen LogP) is 4.57. The van der Waals surface area contributed by atoms with Crippen molar-refractivity contribution < 1.29 is 22.7 Å². The molecular formula is C15H8BrF3O2. The lowest BCUT2D eigenvalue weighted by Crippen LogP contribution is -2.20. The number of halogens is 4. The maximum atomic E-state index is 13.3. The van der Waals surface area contributed by atoms with Crippen molar-refractivity contribution in [1.29, 1.82) is 0 Å². The first-order valence-corrected chi connectivity index (χ1v) is 6.89. The number of ether oxygens (including phenoxy) is 1. The van der Waals surface area contributed by atoms with E-state index in [4.69, 9.17) is 4.74 Å². The van der Waals surface area contributed by atoms with Crippen LogP contribution in [0.15, 0.2) is 34.8 Å². The van der Waals surface area contributed by atoms with Gasteiger partial charge in [0.15, 0.2) is 23.2 Å². The molecule has 0 aromatic heterocycles. The van der Waals surface area contributed by atoms with Gasteiger partial charge >= 0.3 is 0 Å². The zero-order valence-electron chi connectivity index (χ0n) is 10.5. The Labute approximate surface area is 126 Å². The highest BCUT2D eigenvalue weighted by atomic mass is 79.9. The molecule has 0 amide bonds. The predicted molar refractivity (Wildman–Crippen MR) is 72.8 cm³/mol. The topological polar surface area (TPSA) is 26.3 Å². The fraction of sp³-hybridized carbons (Fsp3) is 0.133. The van der Waals surface area contributed by atoms with Crippen LogP contribution in [0.25, 0.3) is 0 Å². The molecule has 0 aliphatic carbocycles. The van der Waals surface area contributed by atoms with Gasteiger partial charge in [0, 0.05) is 4.47 Å². The summed E-state index contributed by atoms with van der Waals surface area (Å²) in [7, 11) is 0. The molecule has 1 heterocycles. The van der Waals surface area contributed by atoms with E-state index < -0.39 is 23.6 Å². The molecule has 0 bridgehead atoms. The van der Waals surface area contributed by atoms with Crippen molar-refractivity contribution in [2.45, 2.75) is 12.5 Å². The van der Waals surface area contributed by atoms with Crippen molar-refractivity contribution in [3.63, 3.8) is 0 Å². The minimum Gasteiger partial charge on any atom is -0.484 e. The Morgan fingerprint density at radius 2 is 1.76 bits per heavy atom. The Balaban J connectivity index is 2.00. The summed E-state index contributed by atoms with van der Waals surface area (Å²) < 4.78 is 45.9. The highest BCUT2D eigenvalue weighted by Gasteiger charge is 2.29. The largest absolute Gasteiger partial charge is 0.484 e. The van der Waals surface area contributed by atoms with Gasteiger partial charge in [-0.15, -0.1) is 0 Å². The molecule has 1 aliphatic rings. The van der Waals surface area contributed by atoms with E-state index in [0.717, 1.165) is 16.6 Å². The van der Waals surface area contributed by atoms with Crippen molar-refractivity contribution >= 4 is 21.7 Å². The number of hydrogen-bond donors (Lipinski definition) is 0. The van der Waals surface area contributed by atoms with Gasteiger partial charge in [0.1, 0.15) is 11.9 Å². The van der Waals surface area contributed by atoms with Crippen LogP contribution >= 0.6 is 15.9 Å². The summed E-state index contributed by atoms with van der Waals surface area (Å²) in [6.45, 7) is 0. The van der Waals surface area contributed by atoms with E-state index in [1.54, 1.807) is 18.2 Å². The lowest BCUT2D eigenvalue weighted by molar-refractivity contribution is 0.0849. The summed E-state index contributed by atoms with van der Waals surface area (Å²) in [6, 6.07) is 6.61. The van der Waals surface area contributed by atoms with E-state index in [1.807, 2.05) is 0 Å². The zero-order valence-corrected chi connectivity index (χ0v) is 12.1. The van der Waals surface area contributed by atoms with E-state index in [0.29, 0.717) is 11.3 Å². The van der Waals surface area contributed by atoms with Crippen molar-refractivity contribution in [2.75, 3.05) is 0 Å². The normalized spacial score (nSPS) is 17.3. The first kappa shape index (κ1) is 14.1. The zero-order chi connectivity index (χ0) is 15.1. The number of carbonyl (C=O) groups is 1. The van der Waals surface area contributed by atoms with Crippen molar-refractivity contribution in [3.8, 4) is 5.75 Å². The summed E-state index contributed by atoms with van der Waals surface area (Å²) in [6.07, 6.45) is -0.899. The summed E-state index contributed by atoms with van der Waals surface area (Å²) in [5.41, 5.74) is 0.497. The molecular weight excluding hydrogens is 349 g/mol. The molecule has 1 atom stereocenters. The van der Waals surface area contributed by atoms with E-state index >= 15 is 0 Å². The summed E-state index contributed by atoms with van der Waals surface area (Å²) >= 11 is 3.26. The summed E-state index contributed by atoms with van der Waals surface area (Å²) in [5, 5.41) is 0. The third-order valence-electron chi connectivity index (χ3n) is 3.26. The van der Waals surface area contributed by atoms with Gasteiger partial charge < -0.3 is 4.74 Å². The number of benzene rings is 2. The first-order chi connectivity index (χ1) is 9.95. The maximum Gasteiger partial charge on any atom is 0.194 e. The van der Waals surface area contributed by atoms with Crippen LogP contribution in [-0.2, 0) is 0 Å². The second kappa shape index (κ2) is 5.18. The summed E-state index contributed by atoms with van der Waals surface area (Å²) in [4.78, 5) is 12.1. The van der Waals surface area contributed by atoms with Gasteiger partial charge in [-0.25, -0.2) is 13.2 Å². The minimum absolute atomic E-state index is 0.0615. The molecule has 0 fully saturated rings. The van der Waals surface area contributed by atoms with Crippen LogP contribution in [0.5, 0.6) is 5.75 Å². The van der Waals surface area contributed by atoms with Crippen molar-refractivity contribution in [2.24, 2.45) is 0 Å². The van der Waals surface area contributed by atoms with Gasteiger partial charge in [0.25, 0.3) is 0 Å². The van der Waals surface area contributed by atoms with Crippen molar-refractivity contribution in [1.82, 2.24) is 0 Å². The Morgan fingerprint density at radius 3 is 2.43 bits per heavy atom. The molecule has 2 nitrogen and oxygen atoms in total. The van der Waals surface area contributed by atoms with Gasteiger partial charge in [0.2, 0.25) is 0 Å². The second-order valence-corrected chi connectivity index (χ2v) is 5.59. The standard InChI is InChI=1S/C15H8BrF3O2/c16-8-1-2-13-9(5-8)12(20)6-14(21-13)7-3-10(17)15(19)11(18)4-7/h1-5,14H,6H2. The number of ketones is 1. The maximum absolute atomic E-state index is 13.3. The van der Waals surface area contributed by atoms with Crippen LogP contribution in [-0.4, -0.2) is 5.78 Å². The Hall–Kier alpha value is -1.82. The molecule has 0 spiro atoms. The van der Waals surface area contributed by atoms with Crippen LogP contribution in [0.2, 0.25) is 0 Å². The number of Topliss-reactive ketones (excluding diaryl/α,β-unsaturated/α-hetero) is 1. The van der Waals surface area contributed by atoms with Gasteiger partial charge in [-0.2, -0.15) is 0 Å². The number of rotatable bonds is 1. The molecule has 0 saturated heterocycles. The average molecular weight is 357 g/mol. The Morgan fingerprint density at radius 1 is 1.10 bits per heavy atom. The highest BCUT2D eigenvalue weighted by Crippen LogP contribution is 2.36. The Bertz CT molecular complexity index is 723.